The Kier molecular flexibility index (Phi) is 6.22. The molecule has 0 aliphatic carbocycles. The van der Waals surface area contributed by atoms with Crippen molar-refractivity contribution in [3.63, 3.8) is 0 Å². The molecule has 0 spiro atoms. The van der Waals surface area contributed by atoms with Crippen LogP contribution in [0, 0.1) is 0 Å². The second kappa shape index (κ2) is 8.38. The number of ether oxygens (including phenoxy) is 3. The fourth-order valence-electron chi connectivity index (χ4n) is 1.91. The van der Waals surface area contributed by atoms with Crippen LogP contribution in [0.3, 0.4) is 0 Å². The predicted octanol–water partition coefficient (Wildman–Crippen LogP) is 0.0722. The summed E-state index contributed by atoms with van der Waals surface area (Å²) in [6.07, 6.45) is 0.845. The summed E-state index contributed by atoms with van der Waals surface area (Å²) in [5.41, 5.74) is 0.472. The van der Waals surface area contributed by atoms with Crippen molar-refractivity contribution in [1.29, 1.82) is 0 Å². The molecule has 2 rings (SSSR count). The molecular weight excluding hydrogens is 298 g/mol. The van der Waals surface area contributed by atoms with E-state index >= 15 is 0 Å². The lowest BCUT2D eigenvalue weighted by atomic mass is 10.2. The number of likely N-dealkylation sites (N-methyl/N-ethyl adjacent to an activating group) is 1. The van der Waals surface area contributed by atoms with Crippen molar-refractivity contribution < 1.29 is 23.9 Å². The van der Waals surface area contributed by atoms with Gasteiger partial charge in [0.1, 0.15) is 0 Å². The van der Waals surface area contributed by atoms with Gasteiger partial charge in [0.15, 0.2) is 11.5 Å². The molecule has 0 radical (unpaired) electrons. The predicted molar refractivity (Wildman–Crippen MR) is 86.3 cm³/mol. The van der Waals surface area contributed by atoms with Gasteiger partial charge in [-0.15, -0.1) is 0 Å². The average molecular weight is 322 g/mol. The molecule has 1 heterocycles. The van der Waals surface area contributed by atoms with Crippen LogP contribution in [0.1, 0.15) is 23.7 Å². The Morgan fingerprint density at radius 2 is 2.13 bits per heavy atom. The van der Waals surface area contributed by atoms with Crippen LogP contribution in [0.5, 0.6) is 11.5 Å². The summed E-state index contributed by atoms with van der Waals surface area (Å²) in [4.78, 5) is 17.9. The number of quaternary nitrogens is 1. The van der Waals surface area contributed by atoms with Crippen LogP contribution < -0.4 is 19.7 Å². The molecule has 23 heavy (non-hydrogen) atoms. The minimum atomic E-state index is -0.282. The number of hydrogen-bond acceptors (Lipinski definition) is 5. The third-order valence-electron chi connectivity index (χ3n) is 3.17. The van der Waals surface area contributed by atoms with Gasteiger partial charge in [0, 0.05) is 5.56 Å². The maximum absolute atomic E-state index is 12.3. The van der Waals surface area contributed by atoms with Gasteiger partial charge in [-0.2, -0.15) is 0 Å². The molecule has 7 nitrogen and oxygen atoms in total. The molecule has 1 aliphatic rings. The second-order valence-corrected chi connectivity index (χ2v) is 5.51. The summed E-state index contributed by atoms with van der Waals surface area (Å²) in [5, 5.41) is 2.72. The van der Waals surface area contributed by atoms with Gasteiger partial charge in [-0.1, -0.05) is 6.92 Å². The topological polar surface area (TPSA) is 73.6 Å². The Balaban J connectivity index is 2.01. The molecule has 0 aromatic heterocycles. The minimum Gasteiger partial charge on any atom is -0.465 e. The molecule has 1 aliphatic heterocycles. The number of fused-ring (bicyclic) bond motifs is 1. The van der Waals surface area contributed by atoms with Gasteiger partial charge in [-0.25, -0.2) is 4.99 Å². The van der Waals surface area contributed by atoms with E-state index in [0.717, 1.165) is 13.0 Å². The van der Waals surface area contributed by atoms with Crippen molar-refractivity contribution in [1.82, 2.24) is 5.32 Å². The Morgan fingerprint density at radius 1 is 1.35 bits per heavy atom. The highest BCUT2D eigenvalue weighted by molar-refractivity contribution is 6.04. The van der Waals surface area contributed by atoms with Gasteiger partial charge >= 0.3 is 0 Å². The first-order valence-corrected chi connectivity index (χ1v) is 7.77. The zero-order chi connectivity index (χ0) is 16.7. The van der Waals surface area contributed by atoms with Crippen LogP contribution >= 0.6 is 0 Å². The largest absolute Gasteiger partial charge is 0.465 e. The summed E-state index contributed by atoms with van der Waals surface area (Å²) >= 11 is 0. The fourth-order valence-corrected chi connectivity index (χ4v) is 1.91. The van der Waals surface area contributed by atoms with E-state index in [2.05, 4.69) is 10.3 Å². The van der Waals surface area contributed by atoms with E-state index in [4.69, 9.17) is 14.2 Å². The normalized spacial score (nSPS) is 13.3. The molecule has 1 aromatic rings. The van der Waals surface area contributed by atoms with E-state index < -0.39 is 0 Å². The number of rotatable bonds is 6. The van der Waals surface area contributed by atoms with Crippen LogP contribution in [0.2, 0.25) is 0 Å². The monoisotopic (exact) mass is 322 g/mol. The summed E-state index contributed by atoms with van der Waals surface area (Å²) in [6.45, 7) is 4.14. The first-order chi connectivity index (χ1) is 11.1. The zero-order valence-electron chi connectivity index (χ0n) is 13.8. The molecule has 0 saturated heterocycles. The highest BCUT2D eigenvalue weighted by Crippen LogP contribution is 2.32. The van der Waals surface area contributed by atoms with E-state index in [0.29, 0.717) is 30.2 Å². The summed E-state index contributed by atoms with van der Waals surface area (Å²) in [6, 6.07) is 5.32. The van der Waals surface area contributed by atoms with Crippen LogP contribution in [0.15, 0.2) is 23.2 Å². The SMILES string of the molecule is CCCOC(=NCC[NH+](C)C)NC(=O)c1ccc2c(c1)OCO2. The highest BCUT2D eigenvalue weighted by Gasteiger charge is 2.17. The van der Waals surface area contributed by atoms with Crippen molar-refractivity contribution in [2.45, 2.75) is 13.3 Å². The van der Waals surface area contributed by atoms with Crippen molar-refractivity contribution in [3.05, 3.63) is 23.8 Å². The Morgan fingerprint density at radius 3 is 2.87 bits per heavy atom. The van der Waals surface area contributed by atoms with E-state index in [1.807, 2.05) is 21.0 Å². The number of benzene rings is 1. The van der Waals surface area contributed by atoms with E-state index in [9.17, 15) is 4.79 Å². The molecule has 126 valence electrons. The van der Waals surface area contributed by atoms with Crippen LogP contribution in [0.4, 0.5) is 0 Å². The smallest absolute Gasteiger partial charge is 0.291 e. The Labute approximate surface area is 136 Å². The standard InChI is InChI=1S/C16H23N3O4/c1-4-9-21-16(17-7-8-19(2)3)18-15(20)12-5-6-13-14(10-12)23-11-22-13/h5-6,10H,4,7-9,11H2,1-3H3,(H,17,18,20)/p+1. The molecule has 0 unspecified atom stereocenters. The number of hydrogen-bond donors (Lipinski definition) is 2. The number of carbonyl (C=O) groups is 1. The van der Waals surface area contributed by atoms with Gasteiger partial charge < -0.3 is 19.1 Å². The first-order valence-electron chi connectivity index (χ1n) is 7.77. The minimum absolute atomic E-state index is 0.180. The maximum Gasteiger partial charge on any atom is 0.291 e. The van der Waals surface area contributed by atoms with Crippen molar-refractivity contribution in [3.8, 4) is 11.5 Å². The van der Waals surface area contributed by atoms with Gasteiger partial charge in [-0.3, -0.25) is 10.1 Å². The van der Waals surface area contributed by atoms with E-state index in [1.54, 1.807) is 18.2 Å². The lowest BCUT2D eigenvalue weighted by Crippen LogP contribution is -3.06. The molecule has 7 heteroatoms. The van der Waals surface area contributed by atoms with Crippen molar-refractivity contribution in [2.24, 2.45) is 4.99 Å². The number of amidine groups is 1. The molecule has 1 aromatic carbocycles. The molecule has 0 fully saturated rings. The van der Waals surface area contributed by atoms with Crippen LogP contribution in [-0.2, 0) is 4.74 Å². The van der Waals surface area contributed by atoms with Crippen molar-refractivity contribution >= 4 is 11.9 Å². The van der Waals surface area contributed by atoms with Gasteiger partial charge in [0.25, 0.3) is 11.9 Å². The van der Waals surface area contributed by atoms with Crippen molar-refractivity contribution in [2.75, 3.05) is 40.6 Å². The average Bonchev–Trinajstić information content (AvgIpc) is 2.99. The number of aliphatic imine (C=N–C) groups is 1. The number of amides is 1. The van der Waals surface area contributed by atoms with Crippen LogP contribution in [-0.4, -0.2) is 52.5 Å². The number of carbonyl (C=O) groups excluding carboxylic acids is 1. The molecule has 0 bridgehead atoms. The molecular formula is C16H24N3O4+. The highest BCUT2D eigenvalue weighted by atomic mass is 16.7. The third-order valence-corrected chi connectivity index (χ3v) is 3.17. The summed E-state index contributed by atoms with van der Waals surface area (Å²) in [5.74, 6) is 0.934. The van der Waals surface area contributed by atoms with Gasteiger partial charge in [0.2, 0.25) is 6.79 Å². The van der Waals surface area contributed by atoms with Gasteiger partial charge in [-0.05, 0) is 24.6 Å². The molecule has 1 amide bonds. The number of nitrogens with zero attached hydrogens (tertiary/aromatic N) is 1. The van der Waals surface area contributed by atoms with Crippen LogP contribution in [0.25, 0.3) is 0 Å². The first kappa shape index (κ1) is 17.1. The lowest BCUT2D eigenvalue weighted by molar-refractivity contribution is -0.856. The second-order valence-electron chi connectivity index (χ2n) is 5.51. The zero-order valence-corrected chi connectivity index (χ0v) is 13.8. The quantitative estimate of drug-likeness (QED) is 0.574. The Bertz CT molecular complexity index is 572. The molecule has 0 saturated carbocycles. The van der Waals surface area contributed by atoms with E-state index in [-0.39, 0.29) is 18.7 Å². The fraction of sp³-hybridized carbons (Fsp3) is 0.500. The Hall–Kier alpha value is -2.28. The van der Waals surface area contributed by atoms with Gasteiger partial charge in [0.05, 0.1) is 33.8 Å². The number of nitrogens with one attached hydrogen (secondary N) is 2. The third kappa shape index (κ3) is 5.14. The summed E-state index contributed by atoms with van der Waals surface area (Å²) in [7, 11) is 4.10. The lowest BCUT2D eigenvalue weighted by Gasteiger charge is -2.11. The summed E-state index contributed by atoms with van der Waals surface area (Å²) < 4.78 is 16.0. The maximum atomic E-state index is 12.3. The molecule has 0 atom stereocenters. The molecule has 2 N–H and O–H groups in total. The van der Waals surface area contributed by atoms with E-state index in [1.165, 1.54) is 4.90 Å².